The highest BCUT2D eigenvalue weighted by molar-refractivity contribution is 6.24. The zero-order chi connectivity index (χ0) is 40.4. The molecule has 0 atom stereocenters. The summed E-state index contributed by atoms with van der Waals surface area (Å²) in [6.07, 6.45) is 0. The van der Waals surface area contributed by atoms with Gasteiger partial charge in [-0.25, -0.2) is 0 Å². The number of hydrogen-bond acceptors (Lipinski definition) is 1. The van der Waals surface area contributed by atoms with Gasteiger partial charge in [-0.3, -0.25) is 0 Å². The lowest BCUT2D eigenvalue weighted by Gasteiger charge is -2.18. The van der Waals surface area contributed by atoms with Crippen LogP contribution in [0.4, 0.5) is 0 Å². The van der Waals surface area contributed by atoms with E-state index < -0.39 is 24.2 Å². The molecule has 1 heteroatoms. The van der Waals surface area contributed by atoms with Crippen LogP contribution in [0, 0.1) is 0 Å². The van der Waals surface area contributed by atoms with Gasteiger partial charge < -0.3 is 4.42 Å². The Bertz CT molecular complexity index is 3570. The van der Waals surface area contributed by atoms with Crippen molar-refractivity contribution in [3.05, 3.63) is 182 Å². The third-order valence-electron chi connectivity index (χ3n) is 10.3. The fourth-order valence-corrected chi connectivity index (χ4v) is 7.94. The topological polar surface area (TPSA) is 13.1 Å². The molecule has 0 aliphatic heterocycles. The van der Waals surface area contributed by atoms with E-state index in [1.165, 1.54) is 0 Å². The molecule has 0 spiro atoms. The van der Waals surface area contributed by atoms with Crippen LogP contribution in [0.3, 0.4) is 0 Å². The number of rotatable bonds is 3. The SMILES string of the molecule is [2H]c1c([2H])c([2H])c2c(-c3ccc4oc5ccc6ccccc6c5c4c3)c3c([2H])c([2H])c([2H])c([2H])c3c(-c3ccc4c(ccc5cc(-c6ccccc6)ccc54)c3)c2c1[2H]. The molecule has 1 aromatic heterocycles. The van der Waals surface area contributed by atoms with E-state index >= 15 is 0 Å². The monoisotopic (exact) mass is 654 g/mol. The van der Waals surface area contributed by atoms with Gasteiger partial charge in [-0.05, 0) is 118 Å². The minimum Gasteiger partial charge on any atom is -0.456 e. The second-order valence-corrected chi connectivity index (χ2v) is 13.0. The van der Waals surface area contributed by atoms with Crippen molar-refractivity contribution in [1.82, 2.24) is 0 Å². The molecule has 11 aromatic rings. The van der Waals surface area contributed by atoms with Gasteiger partial charge in [0.1, 0.15) is 11.2 Å². The van der Waals surface area contributed by atoms with Gasteiger partial charge >= 0.3 is 0 Å². The quantitative estimate of drug-likeness (QED) is 0.136. The van der Waals surface area contributed by atoms with E-state index in [0.717, 1.165) is 54.2 Å². The van der Waals surface area contributed by atoms with Crippen molar-refractivity contribution >= 4 is 75.8 Å². The molecule has 0 radical (unpaired) electrons. The Hall–Kier alpha value is -6.70. The van der Waals surface area contributed by atoms with Crippen molar-refractivity contribution in [2.24, 2.45) is 0 Å². The summed E-state index contributed by atoms with van der Waals surface area (Å²) in [6.45, 7) is 0. The summed E-state index contributed by atoms with van der Waals surface area (Å²) >= 11 is 0. The van der Waals surface area contributed by atoms with Gasteiger partial charge in [0.15, 0.2) is 0 Å². The first kappa shape index (κ1) is 21.4. The average Bonchev–Trinajstić information content (AvgIpc) is 3.66. The Morgan fingerprint density at radius 2 is 0.863 bits per heavy atom. The fraction of sp³-hybridized carbons (Fsp3) is 0. The second kappa shape index (κ2) is 10.9. The predicted octanol–water partition coefficient (Wildman–Crippen LogP) is 14.4. The Balaban J connectivity index is 1.26. The third-order valence-corrected chi connectivity index (χ3v) is 10.3. The summed E-state index contributed by atoms with van der Waals surface area (Å²) in [5.41, 5.74) is 5.24. The molecular formula is C50H30O. The van der Waals surface area contributed by atoms with E-state index in [-0.39, 0.29) is 45.7 Å². The largest absolute Gasteiger partial charge is 0.456 e. The lowest BCUT2D eigenvalue weighted by atomic mass is 9.85. The summed E-state index contributed by atoms with van der Waals surface area (Å²) in [5, 5.41) is 8.33. The maximum atomic E-state index is 9.44. The highest BCUT2D eigenvalue weighted by atomic mass is 16.3. The summed E-state index contributed by atoms with van der Waals surface area (Å²) in [5.74, 6) is 0. The van der Waals surface area contributed by atoms with E-state index in [9.17, 15) is 5.48 Å². The Kier molecular flexibility index (Phi) is 4.57. The molecule has 0 aliphatic rings. The first-order valence-electron chi connectivity index (χ1n) is 20.9. The Labute approximate surface area is 305 Å². The van der Waals surface area contributed by atoms with E-state index in [1.54, 1.807) is 6.07 Å². The minimum atomic E-state index is -0.435. The van der Waals surface area contributed by atoms with Crippen LogP contribution >= 0.6 is 0 Å². The first-order chi connectivity index (χ1) is 28.6. The molecular weight excluding hydrogens is 617 g/mol. The van der Waals surface area contributed by atoms with Crippen LogP contribution in [0.5, 0.6) is 0 Å². The van der Waals surface area contributed by atoms with Gasteiger partial charge in [-0.1, -0.05) is 151 Å². The number of fused-ring (bicyclic) bond motifs is 10. The molecule has 0 saturated heterocycles. The molecule has 0 saturated carbocycles. The minimum absolute atomic E-state index is 0.174. The van der Waals surface area contributed by atoms with E-state index in [1.807, 2.05) is 91.0 Å². The first-order valence-corrected chi connectivity index (χ1v) is 16.9. The van der Waals surface area contributed by atoms with Gasteiger partial charge in [0.25, 0.3) is 0 Å². The summed E-state index contributed by atoms with van der Waals surface area (Å²) in [7, 11) is 0. The molecule has 0 bridgehead atoms. The molecule has 236 valence electrons. The smallest absolute Gasteiger partial charge is 0.136 e. The van der Waals surface area contributed by atoms with E-state index in [4.69, 9.17) is 9.90 Å². The molecule has 11 rings (SSSR count). The van der Waals surface area contributed by atoms with Gasteiger partial charge in [0.2, 0.25) is 0 Å². The normalized spacial score (nSPS) is 14.1. The highest BCUT2D eigenvalue weighted by Gasteiger charge is 2.19. The molecule has 0 unspecified atom stereocenters. The van der Waals surface area contributed by atoms with Crippen molar-refractivity contribution in [2.75, 3.05) is 0 Å². The second-order valence-electron chi connectivity index (χ2n) is 13.0. The van der Waals surface area contributed by atoms with Crippen LogP contribution in [-0.2, 0) is 0 Å². The maximum Gasteiger partial charge on any atom is 0.136 e. The zero-order valence-corrected chi connectivity index (χ0v) is 27.1. The van der Waals surface area contributed by atoms with Crippen LogP contribution in [-0.4, -0.2) is 0 Å². The molecule has 0 N–H and O–H groups in total. The fourth-order valence-electron chi connectivity index (χ4n) is 7.94. The van der Waals surface area contributed by atoms with Crippen LogP contribution in [0.25, 0.3) is 109 Å². The van der Waals surface area contributed by atoms with Crippen molar-refractivity contribution in [3.63, 3.8) is 0 Å². The molecule has 51 heavy (non-hydrogen) atoms. The van der Waals surface area contributed by atoms with Crippen LogP contribution in [0.15, 0.2) is 186 Å². The lowest BCUT2D eigenvalue weighted by Crippen LogP contribution is -1.91. The number of benzene rings is 10. The molecule has 1 nitrogen and oxygen atoms in total. The Morgan fingerprint density at radius 1 is 0.333 bits per heavy atom. The van der Waals surface area contributed by atoms with E-state index in [0.29, 0.717) is 33.4 Å². The van der Waals surface area contributed by atoms with Crippen molar-refractivity contribution in [1.29, 1.82) is 0 Å². The highest BCUT2D eigenvalue weighted by Crippen LogP contribution is 2.46. The Morgan fingerprint density at radius 3 is 1.55 bits per heavy atom. The van der Waals surface area contributed by atoms with Gasteiger partial charge in [0.05, 0.1) is 11.0 Å². The van der Waals surface area contributed by atoms with Crippen LogP contribution < -0.4 is 0 Å². The zero-order valence-electron chi connectivity index (χ0n) is 35.1. The average molecular weight is 655 g/mol. The van der Waals surface area contributed by atoms with Crippen molar-refractivity contribution in [2.45, 2.75) is 0 Å². The van der Waals surface area contributed by atoms with Gasteiger partial charge in [-0.2, -0.15) is 0 Å². The van der Waals surface area contributed by atoms with Crippen molar-refractivity contribution < 1.29 is 15.4 Å². The van der Waals surface area contributed by atoms with Crippen LogP contribution in [0.1, 0.15) is 11.0 Å². The molecule has 10 aromatic carbocycles. The number of furan rings is 1. The van der Waals surface area contributed by atoms with Gasteiger partial charge in [0, 0.05) is 10.8 Å². The molecule has 0 amide bonds. The maximum absolute atomic E-state index is 9.44. The molecule has 0 fully saturated rings. The predicted molar refractivity (Wildman–Crippen MR) is 218 cm³/mol. The lowest BCUT2D eigenvalue weighted by molar-refractivity contribution is 0.669. The summed E-state index contributed by atoms with van der Waals surface area (Å²) in [4.78, 5) is 0. The van der Waals surface area contributed by atoms with Crippen molar-refractivity contribution in [3.8, 4) is 33.4 Å². The number of hydrogen-bond donors (Lipinski definition) is 0. The molecule has 0 aliphatic carbocycles. The molecule has 1 heterocycles. The summed E-state index contributed by atoms with van der Waals surface area (Å²) < 4.78 is 79.6. The van der Waals surface area contributed by atoms with Gasteiger partial charge in [-0.15, -0.1) is 0 Å². The third kappa shape index (κ3) is 4.28. The van der Waals surface area contributed by atoms with E-state index in [2.05, 4.69) is 36.4 Å². The van der Waals surface area contributed by atoms with Crippen LogP contribution in [0.2, 0.25) is 0 Å². The standard InChI is InChI=1S/C50H30O/c1-2-10-31(11-3-1)33-20-24-38-34(28-33)18-19-35-29-36(21-25-39(35)38)48-41-14-6-8-16-43(41)49(44-17-9-7-15-42(44)48)37-23-26-46-45(30-37)50-40-13-5-4-12-32(40)22-27-47(50)51-46/h1-30H/i6D,7D,8D,9D,14D,15D,16D,17D. The summed E-state index contributed by atoms with van der Waals surface area (Å²) in [6, 6.07) is 41.0.